The van der Waals surface area contributed by atoms with Crippen molar-refractivity contribution in [3.8, 4) is 0 Å². The van der Waals surface area contributed by atoms with Gasteiger partial charge in [-0.15, -0.1) is 33.4 Å². The van der Waals surface area contributed by atoms with Crippen molar-refractivity contribution < 1.29 is 40.3 Å². The number of alkyl halides is 8. The molecule has 0 saturated heterocycles. The van der Waals surface area contributed by atoms with E-state index in [2.05, 4.69) is 14.6 Å². The molecule has 7 nitrogen and oxygen atoms in total. The number of nitrogens with one attached hydrogen (secondary N) is 2. The van der Waals surface area contributed by atoms with E-state index in [0.717, 1.165) is 5.43 Å². The van der Waals surface area contributed by atoms with E-state index in [0.29, 0.717) is 0 Å². The van der Waals surface area contributed by atoms with E-state index in [9.17, 15) is 35.9 Å². The number of aromatic nitrogens is 2. The highest BCUT2D eigenvalue weighted by atomic mass is 35.5. The first-order chi connectivity index (χ1) is 10.4. The molecule has 1 aromatic rings. The standard InChI is InChI=1S/C4H4ClF3N2O2.C4H2ClF3N2O/c5-1-2(11)9-10-3(12)4(6,7)8;5-1-2-9-10-3(11-2)4(6,7)8/h1H2,(H,9,11)(H,10,12);1H2. The average molecular weight is 391 g/mol. The summed E-state index contributed by atoms with van der Waals surface area (Å²) in [6.07, 6.45) is -9.60. The largest absolute Gasteiger partial charge is 0.472 e. The molecule has 0 atom stereocenters. The maximum absolute atomic E-state index is 11.7. The van der Waals surface area contributed by atoms with Gasteiger partial charge in [0.1, 0.15) is 11.8 Å². The van der Waals surface area contributed by atoms with E-state index >= 15 is 0 Å². The van der Waals surface area contributed by atoms with E-state index in [-0.39, 0.29) is 11.8 Å². The number of hydrogen-bond acceptors (Lipinski definition) is 5. The van der Waals surface area contributed by atoms with Crippen LogP contribution in [0.1, 0.15) is 11.8 Å². The predicted octanol–water partition coefficient (Wildman–Crippen LogP) is 1.76. The summed E-state index contributed by atoms with van der Waals surface area (Å²) in [5.74, 6) is -5.52. The summed E-state index contributed by atoms with van der Waals surface area (Å²) < 4.78 is 73.4. The van der Waals surface area contributed by atoms with Crippen LogP contribution in [-0.2, 0) is 21.6 Å². The van der Waals surface area contributed by atoms with Gasteiger partial charge in [0.05, 0.1) is 0 Å². The number of carbonyl (C=O) groups is 2. The van der Waals surface area contributed by atoms with Crippen LogP contribution in [0.4, 0.5) is 26.3 Å². The molecule has 1 heterocycles. The Labute approximate surface area is 133 Å². The molecule has 2 N–H and O–H groups in total. The molecule has 0 spiro atoms. The Kier molecular flexibility index (Phi) is 8.09. The molecule has 132 valence electrons. The number of carbonyl (C=O) groups excluding carboxylic acids is 2. The number of amides is 2. The Morgan fingerprint density at radius 2 is 1.61 bits per heavy atom. The zero-order chi connectivity index (χ0) is 18.3. The molecule has 0 saturated carbocycles. The van der Waals surface area contributed by atoms with E-state index in [1.807, 2.05) is 0 Å². The maximum atomic E-state index is 11.7. The lowest BCUT2D eigenvalue weighted by Gasteiger charge is -2.07. The van der Waals surface area contributed by atoms with Crippen LogP contribution in [0.5, 0.6) is 0 Å². The quantitative estimate of drug-likeness (QED) is 0.455. The van der Waals surface area contributed by atoms with Crippen LogP contribution in [0.2, 0.25) is 0 Å². The van der Waals surface area contributed by atoms with Gasteiger partial charge in [0.2, 0.25) is 5.89 Å². The van der Waals surface area contributed by atoms with Gasteiger partial charge in [-0.05, 0) is 0 Å². The fourth-order valence-electron chi connectivity index (χ4n) is 0.653. The van der Waals surface area contributed by atoms with Crippen molar-refractivity contribution in [2.24, 2.45) is 0 Å². The van der Waals surface area contributed by atoms with Crippen LogP contribution in [0.15, 0.2) is 4.42 Å². The van der Waals surface area contributed by atoms with Crippen molar-refractivity contribution in [3.05, 3.63) is 11.8 Å². The van der Waals surface area contributed by atoms with Crippen molar-refractivity contribution in [3.63, 3.8) is 0 Å². The van der Waals surface area contributed by atoms with Crippen LogP contribution in [0, 0.1) is 0 Å². The third kappa shape index (κ3) is 8.44. The number of nitrogens with zero attached hydrogens (tertiary/aromatic N) is 2. The molecule has 0 unspecified atom stereocenters. The van der Waals surface area contributed by atoms with Gasteiger partial charge in [-0.25, -0.2) is 0 Å². The number of halogens is 8. The van der Waals surface area contributed by atoms with E-state index < -0.39 is 35.9 Å². The first-order valence-electron chi connectivity index (χ1n) is 5.09. The minimum absolute atomic E-state index is 0.219. The maximum Gasteiger partial charge on any atom is 0.472 e. The Hall–Kier alpha value is -1.76. The molecule has 2 amide bonds. The van der Waals surface area contributed by atoms with Crippen LogP contribution in [0.3, 0.4) is 0 Å². The summed E-state index contributed by atoms with van der Waals surface area (Å²) in [7, 11) is 0. The van der Waals surface area contributed by atoms with Crippen molar-refractivity contribution >= 4 is 35.0 Å². The molecule has 0 aliphatic heterocycles. The first kappa shape index (κ1) is 21.2. The van der Waals surface area contributed by atoms with Gasteiger partial charge >= 0.3 is 24.2 Å². The van der Waals surface area contributed by atoms with Gasteiger partial charge in [-0.3, -0.25) is 20.4 Å². The van der Waals surface area contributed by atoms with Gasteiger partial charge in [0.15, 0.2) is 0 Å². The Bertz CT molecular complexity index is 533. The Balaban J connectivity index is 0.000000422. The fourth-order valence-corrected chi connectivity index (χ4v) is 0.828. The fraction of sp³-hybridized carbons (Fsp3) is 0.500. The van der Waals surface area contributed by atoms with Crippen molar-refractivity contribution in [2.45, 2.75) is 18.2 Å². The third-order valence-corrected chi connectivity index (χ3v) is 1.99. The van der Waals surface area contributed by atoms with E-state index in [1.165, 1.54) is 5.43 Å². The highest BCUT2D eigenvalue weighted by molar-refractivity contribution is 6.27. The first-order valence-corrected chi connectivity index (χ1v) is 6.16. The number of rotatable bonds is 2. The molecule has 23 heavy (non-hydrogen) atoms. The van der Waals surface area contributed by atoms with Crippen molar-refractivity contribution in [1.29, 1.82) is 0 Å². The highest BCUT2D eigenvalue weighted by Crippen LogP contribution is 2.27. The Morgan fingerprint density at radius 3 is 1.91 bits per heavy atom. The summed E-state index contributed by atoms with van der Waals surface area (Å²) in [6.45, 7) is 0. The minimum atomic E-state index is -5.01. The monoisotopic (exact) mass is 390 g/mol. The van der Waals surface area contributed by atoms with Crippen LogP contribution in [0.25, 0.3) is 0 Å². The van der Waals surface area contributed by atoms with Gasteiger partial charge in [0.25, 0.3) is 5.91 Å². The molecule has 1 aromatic heterocycles. The molecule has 0 aliphatic carbocycles. The molecule has 1 rings (SSSR count). The van der Waals surface area contributed by atoms with Gasteiger partial charge in [-0.1, -0.05) is 0 Å². The predicted molar refractivity (Wildman–Crippen MR) is 61.9 cm³/mol. The zero-order valence-corrected chi connectivity index (χ0v) is 12.1. The third-order valence-electron chi connectivity index (χ3n) is 1.52. The van der Waals surface area contributed by atoms with E-state index in [1.54, 1.807) is 0 Å². The summed E-state index contributed by atoms with van der Waals surface area (Å²) in [4.78, 5) is 20.2. The van der Waals surface area contributed by atoms with Crippen LogP contribution >= 0.6 is 23.2 Å². The molecular weight excluding hydrogens is 385 g/mol. The van der Waals surface area contributed by atoms with Gasteiger partial charge in [0, 0.05) is 0 Å². The minimum Gasteiger partial charge on any atom is -0.416 e. The summed E-state index contributed by atoms with van der Waals surface area (Å²) in [6, 6.07) is 0. The summed E-state index contributed by atoms with van der Waals surface area (Å²) in [5.41, 5.74) is 2.57. The van der Waals surface area contributed by atoms with Crippen LogP contribution < -0.4 is 10.9 Å². The molecule has 0 bridgehead atoms. The van der Waals surface area contributed by atoms with Gasteiger partial charge in [-0.2, -0.15) is 26.3 Å². The second kappa shape index (κ2) is 8.76. The second-order valence-corrected chi connectivity index (χ2v) is 3.80. The lowest BCUT2D eigenvalue weighted by molar-refractivity contribution is -0.175. The normalized spacial score (nSPS) is 11.3. The molecule has 0 aliphatic rings. The molecule has 0 aromatic carbocycles. The topological polar surface area (TPSA) is 97.1 Å². The van der Waals surface area contributed by atoms with Crippen molar-refractivity contribution in [2.75, 3.05) is 5.88 Å². The lowest BCUT2D eigenvalue weighted by Crippen LogP contribution is -2.48. The van der Waals surface area contributed by atoms with Crippen molar-refractivity contribution in [1.82, 2.24) is 21.0 Å². The lowest BCUT2D eigenvalue weighted by atomic mass is 10.6. The molecule has 0 radical (unpaired) electrons. The van der Waals surface area contributed by atoms with Gasteiger partial charge < -0.3 is 4.42 Å². The molecular formula is C8H6Cl2F6N4O3. The summed E-state index contributed by atoms with van der Waals surface area (Å²) >= 11 is 10.0. The molecule has 15 heteroatoms. The van der Waals surface area contributed by atoms with Crippen LogP contribution in [-0.4, -0.2) is 34.1 Å². The number of hydrogen-bond donors (Lipinski definition) is 2. The average Bonchev–Trinajstić information content (AvgIpc) is 2.92. The SMILES string of the molecule is FC(F)(F)c1nnc(CCl)o1.O=C(CCl)NNC(=O)C(F)(F)F. The summed E-state index contributed by atoms with van der Waals surface area (Å²) in [5, 5.41) is 5.76. The smallest absolute Gasteiger partial charge is 0.416 e. The zero-order valence-electron chi connectivity index (χ0n) is 10.6. The number of hydrazine groups is 1. The second-order valence-electron chi connectivity index (χ2n) is 3.27. The van der Waals surface area contributed by atoms with E-state index in [4.69, 9.17) is 23.2 Å². The highest BCUT2D eigenvalue weighted by Gasteiger charge is 2.39. The molecule has 0 fully saturated rings. The Morgan fingerprint density at radius 1 is 1.04 bits per heavy atom.